The molecule has 2 aromatic rings. The summed E-state index contributed by atoms with van der Waals surface area (Å²) in [5.41, 5.74) is 2.01. The first-order valence-electron chi connectivity index (χ1n) is 8.22. The Bertz CT molecular complexity index is 719. The van der Waals surface area contributed by atoms with Crippen LogP contribution in [0.25, 0.3) is 11.0 Å². The molecule has 1 amide bonds. The minimum absolute atomic E-state index is 0.0347. The molecule has 1 aromatic carbocycles. The maximum atomic E-state index is 11.7. The minimum atomic E-state index is -0.0347. The Labute approximate surface area is 142 Å². The molecule has 0 aliphatic carbocycles. The lowest BCUT2D eigenvalue weighted by Gasteiger charge is -2.12. The van der Waals surface area contributed by atoms with Crippen LogP contribution in [0.5, 0.6) is 0 Å². The van der Waals surface area contributed by atoms with Crippen LogP contribution in [0.2, 0.25) is 0 Å². The van der Waals surface area contributed by atoms with E-state index in [1.165, 1.54) is 4.90 Å². The number of furan rings is 1. The largest absolute Gasteiger partial charge is 0.459 e. The van der Waals surface area contributed by atoms with Gasteiger partial charge in [-0.1, -0.05) is 25.1 Å². The highest BCUT2D eigenvalue weighted by molar-refractivity contribution is 5.85. The predicted octanol–water partition coefficient (Wildman–Crippen LogP) is 2.27. The number of guanidine groups is 1. The van der Waals surface area contributed by atoms with E-state index in [0.717, 1.165) is 35.3 Å². The monoisotopic (exact) mass is 330 g/mol. The van der Waals surface area contributed by atoms with Gasteiger partial charge in [0.25, 0.3) is 0 Å². The van der Waals surface area contributed by atoms with Crippen molar-refractivity contribution in [3.8, 4) is 0 Å². The van der Waals surface area contributed by atoms with Crippen molar-refractivity contribution in [2.75, 3.05) is 27.2 Å². The van der Waals surface area contributed by atoms with Crippen LogP contribution < -0.4 is 10.6 Å². The fraction of sp³-hybridized carbons (Fsp3) is 0.444. The zero-order valence-corrected chi connectivity index (χ0v) is 14.8. The minimum Gasteiger partial charge on any atom is -0.459 e. The molecule has 0 saturated carbocycles. The smallest absolute Gasteiger partial charge is 0.243 e. The molecule has 1 aromatic heterocycles. The van der Waals surface area contributed by atoms with Crippen molar-refractivity contribution < 1.29 is 9.21 Å². The van der Waals surface area contributed by atoms with Gasteiger partial charge in [0.05, 0.1) is 6.54 Å². The lowest BCUT2D eigenvalue weighted by Crippen LogP contribution is -2.38. The number of nitrogens with one attached hydrogen (secondary N) is 2. The SMILES string of the molecule is CCCNC(=NCC(=O)N(C)C)NCc1oc2ccccc2c1C. The van der Waals surface area contributed by atoms with Crippen molar-refractivity contribution >= 4 is 22.8 Å². The van der Waals surface area contributed by atoms with Crippen LogP contribution >= 0.6 is 0 Å². The number of aliphatic imine (C=N–C) groups is 1. The average molecular weight is 330 g/mol. The Morgan fingerprint density at radius 2 is 2.00 bits per heavy atom. The molecule has 24 heavy (non-hydrogen) atoms. The van der Waals surface area contributed by atoms with Crippen LogP contribution in [0.4, 0.5) is 0 Å². The molecule has 130 valence electrons. The van der Waals surface area contributed by atoms with Gasteiger partial charge in [-0.3, -0.25) is 4.79 Å². The number of para-hydroxylation sites is 1. The number of aryl methyl sites for hydroxylation is 1. The third-order valence-corrected chi connectivity index (χ3v) is 3.77. The Balaban J connectivity index is 2.06. The predicted molar refractivity (Wildman–Crippen MR) is 97.1 cm³/mol. The van der Waals surface area contributed by atoms with E-state index in [1.807, 2.05) is 18.2 Å². The maximum Gasteiger partial charge on any atom is 0.243 e. The van der Waals surface area contributed by atoms with Crippen LogP contribution in [-0.2, 0) is 11.3 Å². The summed E-state index contributed by atoms with van der Waals surface area (Å²) >= 11 is 0. The third kappa shape index (κ3) is 4.50. The normalized spacial score (nSPS) is 11.6. The van der Waals surface area contributed by atoms with E-state index >= 15 is 0 Å². The van der Waals surface area contributed by atoms with Crippen molar-refractivity contribution in [1.82, 2.24) is 15.5 Å². The zero-order chi connectivity index (χ0) is 17.5. The number of fused-ring (bicyclic) bond motifs is 1. The fourth-order valence-corrected chi connectivity index (χ4v) is 2.26. The molecule has 0 unspecified atom stereocenters. The summed E-state index contributed by atoms with van der Waals surface area (Å²) in [5, 5.41) is 7.58. The average Bonchev–Trinajstić information content (AvgIpc) is 2.90. The molecular weight excluding hydrogens is 304 g/mol. The highest BCUT2D eigenvalue weighted by Gasteiger charge is 2.10. The van der Waals surface area contributed by atoms with E-state index in [0.29, 0.717) is 12.5 Å². The van der Waals surface area contributed by atoms with Crippen LogP contribution in [0.3, 0.4) is 0 Å². The number of amides is 1. The van der Waals surface area contributed by atoms with E-state index in [2.05, 4.69) is 35.5 Å². The van der Waals surface area contributed by atoms with Crippen molar-refractivity contribution in [2.24, 2.45) is 4.99 Å². The Hall–Kier alpha value is -2.50. The third-order valence-electron chi connectivity index (χ3n) is 3.77. The van der Waals surface area contributed by atoms with Crippen LogP contribution in [0.1, 0.15) is 24.7 Å². The number of carbonyl (C=O) groups is 1. The highest BCUT2D eigenvalue weighted by atomic mass is 16.3. The first kappa shape index (κ1) is 17.8. The Morgan fingerprint density at radius 1 is 1.25 bits per heavy atom. The van der Waals surface area contributed by atoms with Gasteiger partial charge in [-0.2, -0.15) is 0 Å². The second-order valence-corrected chi connectivity index (χ2v) is 5.88. The van der Waals surface area contributed by atoms with E-state index < -0.39 is 0 Å². The summed E-state index contributed by atoms with van der Waals surface area (Å²) in [6.07, 6.45) is 0.978. The molecule has 0 aliphatic rings. The van der Waals surface area contributed by atoms with Gasteiger partial charge in [0.15, 0.2) is 5.96 Å². The van der Waals surface area contributed by atoms with E-state index in [1.54, 1.807) is 14.1 Å². The van der Waals surface area contributed by atoms with Gasteiger partial charge in [0.2, 0.25) is 5.91 Å². The van der Waals surface area contributed by atoms with Crippen LogP contribution in [0, 0.1) is 6.92 Å². The first-order valence-corrected chi connectivity index (χ1v) is 8.22. The topological polar surface area (TPSA) is 69.9 Å². The Kier molecular flexibility index (Phi) is 6.23. The van der Waals surface area contributed by atoms with Gasteiger partial charge >= 0.3 is 0 Å². The summed E-state index contributed by atoms with van der Waals surface area (Å²) in [4.78, 5) is 17.6. The molecule has 2 rings (SSSR count). The molecule has 0 atom stereocenters. The summed E-state index contributed by atoms with van der Waals surface area (Å²) in [6.45, 7) is 5.56. The zero-order valence-electron chi connectivity index (χ0n) is 14.8. The van der Waals surface area contributed by atoms with Gasteiger partial charge in [-0.25, -0.2) is 4.99 Å². The summed E-state index contributed by atoms with van der Waals surface area (Å²) in [7, 11) is 3.45. The van der Waals surface area contributed by atoms with Gasteiger partial charge in [0.1, 0.15) is 17.9 Å². The number of hydrogen-bond donors (Lipinski definition) is 2. The van der Waals surface area contributed by atoms with Crippen molar-refractivity contribution in [3.05, 3.63) is 35.6 Å². The van der Waals surface area contributed by atoms with Gasteiger partial charge in [-0.15, -0.1) is 0 Å². The van der Waals surface area contributed by atoms with Gasteiger partial charge < -0.3 is 20.0 Å². The molecule has 0 radical (unpaired) electrons. The summed E-state index contributed by atoms with van der Waals surface area (Å²) < 4.78 is 5.90. The molecule has 0 fully saturated rings. The second kappa shape index (κ2) is 8.38. The Morgan fingerprint density at radius 3 is 2.67 bits per heavy atom. The quantitative estimate of drug-likeness (QED) is 0.630. The molecule has 2 N–H and O–H groups in total. The van der Waals surface area contributed by atoms with E-state index in [-0.39, 0.29) is 12.5 Å². The van der Waals surface area contributed by atoms with Gasteiger partial charge in [0, 0.05) is 31.6 Å². The fourth-order valence-electron chi connectivity index (χ4n) is 2.26. The standard InChI is InChI=1S/C18H26N4O2/c1-5-10-19-18(21-12-17(23)22(3)4)20-11-16-13(2)14-8-6-7-9-15(14)24-16/h6-9H,5,10-12H2,1-4H3,(H2,19,20,21). The number of likely N-dealkylation sites (N-methyl/N-ethyl adjacent to an activating group) is 1. The summed E-state index contributed by atoms with van der Waals surface area (Å²) in [5.74, 6) is 1.46. The number of benzene rings is 1. The van der Waals surface area contributed by atoms with E-state index in [9.17, 15) is 4.79 Å². The van der Waals surface area contributed by atoms with Crippen molar-refractivity contribution in [2.45, 2.75) is 26.8 Å². The molecule has 0 aliphatic heterocycles. The lowest BCUT2D eigenvalue weighted by molar-refractivity contribution is -0.127. The molecule has 6 heteroatoms. The molecule has 0 spiro atoms. The number of nitrogens with zero attached hydrogens (tertiary/aromatic N) is 2. The number of hydrogen-bond acceptors (Lipinski definition) is 3. The molecule has 6 nitrogen and oxygen atoms in total. The number of carbonyl (C=O) groups excluding carboxylic acids is 1. The van der Waals surface area contributed by atoms with E-state index in [4.69, 9.17) is 4.42 Å². The molecule has 0 bridgehead atoms. The van der Waals surface area contributed by atoms with Crippen molar-refractivity contribution in [3.63, 3.8) is 0 Å². The summed E-state index contributed by atoms with van der Waals surface area (Å²) in [6, 6.07) is 7.99. The maximum absolute atomic E-state index is 11.7. The van der Waals surface area contributed by atoms with Crippen LogP contribution in [0.15, 0.2) is 33.7 Å². The highest BCUT2D eigenvalue weighted by Crippen LogP contribution is 2.24. The van der Waals surface area contributed by atoms with Crippen molar-refractivity contribution in [1.29, 1.82) is 0 Å². The van der Waals surface area contributed by atoms with Crippen LogP contribution in [-0.4, -0.2) is 44.0 Å². The second-order valence-electron chi connectivity index (χ2n) is 5.88. The molecular formula is C18H26N4O2. The first-order chi connectivity index (χ1) is 11.5. The number of rotatable bonds is 6. The molecule has 1 heterocycles. The van der Waals surface area contributed by atoms with Gasteiger partial charge in [-0.05, 0) is 19.4 Å². The molecule has 0 saturated heterocycles. The lowest BCUT2D eigenvalue weighted by atomic mass is 10.1.